The highest BCUT2D eigenvalue weighted by Crippen LogP contribution is 2.27. The molecule has 2 aromatic rings. The molecule has 0 saturated carbocycles. The molecule has 0 saturated heterocycles. The number of hydrogen-bond donors (Lipinski definition) is 1. The maximum absolute atomic E-state index is 5.93. The van der Waals surface area contributed by atoms with Crippen molar-refractivity contribution in [2.45, 2.75) is 19.8 Å². The maximum atomic E-state index is 5.93. The molecular weight excluding hydrogens is 250 g/mol. The molecule has 0 aliphatic carbocycles. The number of para-hydroxylation sites is 1. The van der Waals surface area contributed by atoms with E-state index in [1.165, 1.54) is 11.1 Å². The van der Waals surface area contributed by atoms with Gasteiger partial charge in [-0.1, -0.05) is 24.3 Å². The molecular formula is C17H19NO2. The third-order valence-electron chi connectivity index (χ3n) is 3.63. The van der Waals surface area contributed by atoms with Gasteiger partial charge in [-0.15, -0.1) is 0 Å². The van der Waals surface area contributed by atoms with Crippen LogP contribution in [0.3, 0.4) is 0 Å². The number of anilines is 1. The third-order valence-corrected chi connectivity index (χ3v) is 3.63. The smallest absolute Gasteiger partial charge is 0.145 e. The highest BCUT2D eigenvalue weighted by Gasteiger charge is 2.12. The van der Waals surface area contributed by atoms with Crippen LogP contribution in [0, 0.1) is 6.92 Å². The van der Waals surface area contributed by atoms with Crippen LogP contribution in [0.1, 0.15) is 16.7 Å². The van der Waals surface area contributed by atoms with Crippen LogP contribution >= 0.6 is 0 Å². The molecule has 0 unspecified atom stereocenters. The van der Waals surface area contributed by atoms with Crippen LogP contribution in [-0.2, 0) is 12.8 Å². The maximum Gasteiger partial charge on any atom is 0.145 e. The molecule has 2 N–H and O–H groups in total. The number of nitrogens with two attached hydrogens (primary N) is 1. The van der Waals surface area contributed by atoms with Crippen LogP contribution in [-0.4, -0.2) is 13.2 Å². The minimum absolute atomic E-state index is 0.634. The van der Waals surface area contributed by atoms with Gasteiger partial charge in [0.15, 0.2) is 0 Å². The van der Waals surface area contributed by atoms with Gasteiger partial charge in [-0.05, 0) is 35.7 Å². The van der Waals surface area contributed by atoms with Crippen molar-refractivity contribution in [2.75, 3.05) is 18.9 Å². The molecule has 1 aliphatic heterocycles. The highest BCUT2D eigenvalue weighted by atomic mass is 16.5. The molecule has 0 radical (unpaired) electrons. The van der Waals surface area contributed by atoms with Crippen LogP contribution in [0.4, 0.5) is 5.69 Å². The Bertz CT molecular complexity index is 602. The minimum atomic E-state index is 0.634. The summed E-state index contributed by atoms with van der Waals surface area (Å²) in [6.45, 7) is 3.45. The number of nitrogen functional groups attached to an aromatic ring is 1. The number of benzene rings is 2. The molecule has 3 rings (SSSR count). The second-order valence-electron chi connectivity index (χ2n) is 5.13. The molecule has 0 fully saturated rings. The van der Waals surface area contributed by atoms with Gasteiger partial charge >= 0.3 is 0 Å². The molecule has 0 atom stereocenters. The molecule has 0 amide bonds. The average molecular weight is 269 g/mol. The average Bonchev–Trinajstić information content (AvgIpc) is 2.89. The molecule has 3 nitrogen and oxygen atoms in total. The van der Waals surface area contributed by atoms with Gasteiger partial charge in [0.05, 0.1) is 18.9 Å². The number of ether oxygens (including phenoxy) is 2. The molecule has 1 heterocycles. The Labute approximate surface area is 119 Å². The Morgan fingerprint density at radius 3 is 3.00 bits per heavy atom. The van der Waals surface area contributed by atoms with E-state index in [1.54, 1.807) is 0 Å². The Kier molecular flexibility index (Phi) is 3.50. The van der Waals surface area contributed by atoms with E-state index in [9.17, 15) is 0 Å². The summed E-state index contributed by atoms with van der Waals surface area (Å²) in [5.41, 5.74) is 10.3. The van der Waals surface area contributed by atoms with Crippen molar-refractivity contribution < 1.29 is 9.47 Å². The van der Waals surface area contributed by atoms with E-state index in [1.807, 2.05) is 25.1 Å². The van der Waals surface area contributed by atoms with Gasteiger partial charge in [-0.25, -0.2) is 0 Å². The lowest BCUT2D eigenvalue weighted by atomic mass is 10.1. The fourth-order valence-electron chi connectivity index (χ4n) is 2.54. The Hall–Kier alpha value is -2.16. The monoisotopic (exact) mass is 269 g/mol. The van der Waals surface area contributed by atoms with Crippen molar-refractivity contribution in [3.8, 4) is 11.5 Å². The lowest BCUT2D eigenvalue weighted by Gasteiger charge is -2.11. The third kappa shape index (κ3) is 2.57. The van der Waals surface area contributed by atoms with E-state index in [4.69, 9.17) is 15.2 Å². The molecule has 2 aromatic carbocycles. The summed E-state index contributed by atoms with van der Waals surface area (Å²) in [6, 6.07) is 12.2. The van der Waals surface area contributed by atoms with Gasteiger partial charge in [0.2, 0.25) is 0 Å². The number of fused-ring (bicyclic) bond motifs is 1. The van der Waals surface area contributed by atoms with Crippen molar-refractivity contribution >= 4 is 5.69 Å². The van der Waals surface area contributed by atoms with Crippen molar-refractivity contribution in [3.05, 3.63) is 53.1 Å². The second-order valence-corrected chi connectivity index (χ2v) is 5.13. The number of hydrogen-bond acceptors (Lipinski definition) is 3. The quantitative estimate of drug-likeness (QED) is 0.867. The summed E-state index contributed by atoms with van der Waals surface area (Å²) in [6.07, 6.45) is 1.88. The van der Waals surface area contributed by atoms with Gasteiger partial charge in [-0.2, -0.15) is 0 Å². The minimum Gasteiger partial charge on any atom is -0.493 e. The van der Waals surface area contributed by atoms with Crippen LogP contribution in [0.2, 0.25) is 0 Å². The van der Waals surface area contributed by atoms with Gasteiger partial charge < -0.3 is 15.2 Å². The zero-order valence-corrected chi connectivity index (χ0v) is 11.7. The molecule has 0 aromatic heterocycles. The van der Waals surface area contributed by atoms with E-state index < -0.39 is 0 Å². The van der Waals surface area contributed by atoms with Crippen LogP contribution < -0.4 is 15.2 Å². The predicted octanol–water partition coefficient (Wildman–Crippen LogP) is 3.13. The topological polar surface area (TPSA) is 44.5 Å². The molecule has 20 heavy (non-hydrogen) atoms. The Morgan fingerprint density at radius 2 is 2.15 bits per heavy atom. The van der Waals surface area contributed by atoms with Gasteiger partial charge in [-0.3, -0.25) is 0 Å². The van der Waals surface area contributed by atoms with Crippen LogP contribution in [0.25, 0.3) is 0 Å². The van der Waals surface area contributed by atoms with E-state index in [2.05, 4.69) is 18.2 Å². The lowest BCUT2D eigenvalue weighted by molar-refractivity contribution is 0.321. The molecule has 104 valence electrons. The standard InChI is InChI=1S/C17H19NO2/c1-12-3-2-4-15(18)17(12)20-9-7-13-5-6-16-14(11-13)8-10-19-16/h2-6,11H,7-10,18H2,1H3. The van der Waals surface area contributed by atoms with Crippen molar-refractivity contribution in [1.29, 1.82) is 0 Å². The summed E-state index contributed by atoms with van der Waals surface area (Å²) in [4.78, 5) is 0. The van der Waals surface area contributed by atoms with Crippen molar-refractivity contribution in [3.63, 3.8) is 0 Å². The van der Waals surface area contributed by atoms with E-state index in [0.29, 0.717) is 12.3 Å². The molecule has 0 spiro atoms. The molecule has 1 aliphatic rings. The summed E-state index contributed by atoms with van der Waals surface area (Å²) in [7, 11) is 0. The van der Waals surface area contributed by atoms with Gasteiger partial charge in [0, 0.05) is 12.8 Å². The van der Waals surface area contributed by atoms with Crippen LogP contribution in [0.15, 0.2) is 36.4 Å². The zero-order chi connectivity index (χ0) is 13.9. The Morgan fingerprint density at radius 1 is 1.25 bits per heavy atom. The fourth-order valence-corrected chi connectivity index (χ4v) is 2.54. The van der Waals surface area contributed by atoms with Gasteiger partial charge in [0.1, 0.15) is 11.5 Å². The zero-order valence-electron chi connectivity index (χ0n) is 11.7. The fraction of sp³-hybridized carbons (Fsp3) is 0.294. The number of aryl methyl sites for hydroxylation is 1. The van der Waals surface area contributed by atoms with Crippen molar-refractivity contribution in [1.82, 2.24) is 0 Å². The van der Waals surface area contributed by atoms with Crippen LogP contribution in [0.5, 0.6) is 11.5 Å². The first-order valence-corrected chi connectivity index (χ1v) is 6.96. The summed E-state index contributed by atoms with van der Waals surface area (Å²) in [5, 5.41) is 0. The first-order valence-electron chi connectivity index (χ1n) is 6.96. The van der Waals surface area contributed by atoms with E-state index in [-0.39, 0.29) is 0 Å². The first kappa shape index (κ1) is 12.9. The summed E-state index contributed by atoms with van der Waals surface area (Å²) >= 11 is 0. The van der Waals surface area contributed by atoms with E-state index in [0.717, 1.165) is 36.5 Å². The van der Waals surface area contributed by atoms with Crippen molar-refractivity contribution in [2.24, 2.45) is 0 Å². The second kappa shape index (κ2) is 5.45. The molecule has 3 heteroatoms. The summed E-state index contributed by atoms with van der Waals surface area (Å²) in [5.74, 6) is 1.83. The SMILES string of the molecule is Cc1cccc(N)c1OCCc1ccc2c(c1)CCO2. The summed E-state index contributed by atoms with van der Waals surface area (Å²) < 4.78 is 11.3. The molecule has 0 bridgehead atoms. The Balaban J connectivity index is 1.63. The predicted molar refractivity (Wildman–Crippen MR) is 80.4 cm³/mol. The normalized spacial score (nSPS) is 12.8. The largest absolute Gasteiger partial charge is 0.493 e. The lowest BCUT2D eigenvalue weighted by Crippen LogP contribution is -2.04. The van der Waals surface area contributed by atoms with Gasteiger partial charge in [0.25, 0.3) is 0 Å². The number of rotatable bonds is 4. The van der Waals surface area contributed by atoms with E-state index >= 15 is 0 Å². The first-order chi connectivity index (χ1) is 9.74. The highest BCUT2D eigenvalue weighted by molar-refractivity contribution is 5.56.